The molecule has 3 aromatic rings. The van der Waals surface area contributed by atoms with Crippen LogP contribution in [0, 0.1) is 0 Å². The summed E-state index contributed by atoms with van der Waals surface area (Å²) in [6, 6.07) is 16.0. The summed E-state index contributed by atoms with van der Waals surface area (Å²) < 4.78 is 5.52. The number of fused-ring (bicyclic) bond motifs is 1. The number of hydrogen-bond acceptors (Lipinski definition) is 3. The Bertz CT molecular complexity index is 1060. The molecule has 0 spiro atoms. The van der Waals surface area contributed by atoms with Crippen LogP contribution >= 0.6 is 0 Å². The van der Waals surface area contributed by atoms with E-state index in [9.17, 15) is 9.59 Å². The number of ether oxygens (including phenoxy) is 1. The zero-order valence-electron chi connectivity index (χ0n) is 20.0. The minimum absolute atomic E-state index is 0.0429. The molecular formula is C27H35N3O3. The van der Waals surface area contributed by atoms with Gasteiger partial charge in [-0.05, 0) is 37.0 Å². The van der Waals surface area contributed by atoms with Gasteiger partial charge in [0.25, 0.3) is 0 Å². The molecule has 6 nitrogen and oxygen atoms in total. The number of methoxy groups -OCH3 is 1. The van der Waals surface area contributed by atoms with Crippen LogP contribution in [0.1, 0.15) is 44.2 Å². The van der Waals surface area contributed by atoms with Crippen molar-refractivity contribution in [2.75, 3.05) is 26.7 Å². The average molecular weight is 450 g/mol. The molecule has 1 aromatic heterocycles. The molecule has 1 heterocycles. The van der Waals surface area contributed by atoms with E-state index in [-0.39, 0.29) is 18.4 Å². The van der Waals surface area contributed by atoms with Gasteiger partial charge in [0.15, 0.2) is 0 Å². The third-order valence-corrected chi connectivity index (χ3v) is 5.87. The molecule has 3 rings (SSSR count). The van der Waals surface area contributed by atoms with E-state index in [0.29, 0.717) is 26.1 Å². The molecule has 176 valence electrons. The molecular weight excluding hydrogens is 414 g/mol. The Balaban J connectivity index is 1.80. The van der Waals surface area contributed by atoms with Crippen LogP contribution in [0.2, 0.25) is 0 Å². The Hall–Kier alpha value is -3.28. The monoisotopic (exact) mass is 449 g/mol. The second-order valence-corrected chi connectivity index (χ2v) is 8.30. The second-order valence-electron chi connectivity index (χ2n) is 8.30. The number of nitrogens with one attached hydrogen (secondary N) is 1. The predicted molar refractivity (Wildman–Crippen MR) is 132 cm³/mol. The van der Waals surface area contributed by atoms with Gasteiger partial charge in [-0.2, -0.15) is 0 Å². The summed E-state index contributed by atoms with van der Waals surface area (Å²) in [5, 5.41) is 1.17. The van der Waals surface area contributed by atoms with E-state index in [1.807, 2.05) is 61.3 Å². The first-order valence-electron chi connectivity index (χ1n) is 11.8. The Kier molecular flexibility index (Phi) is 8.93. The number of amides is 2. The molecule has 1 N–H and O–H groups in total. The molecule has 2 aromatic carbocycles. The largest absolute Gasteiger partial charge is 0.496 e. The van der Waals surface area contributed by atoms with Gasteiger partial charge in [0, 0.05) is 48.7 Å². The molecule has 0 aliphatic heterocycles. The van der Waals surface area contributed by atoms with E-state index in [1.54, 1.807) is 12.0 Å². The summed E-state index contributed by atoms with van der Waals surface area (Å²) in [5.41, 5.74) is 3.22. The van der Waals surface area contributed by atoms with Gasteiger partial charge in [-0.25, -0.2) is 0 Å². The van der Waals surface area contributed by atoms with Gasteiger partial charge in [-0.1, -0.05) is 50.2 Å². The standard InChI is InChI=1S/C27H35N3O3/c1-4-10-26(31)29(16-5-2)20-27(32)30(19-22-11-6-9-14-25(22)33-3)17-15-21-18-28-24-13-8-7-12-23(21)24/h6-9,11-14,18,28H,4-5,10,15-17,19-20H2,1-3H3. The number of carbonyl (C=O) groups excluding carboxylic acids is 2. The molecule has 0 fully saturated rings. The first kappa shape index (κ1) is 24.4. The highest BCUT2D eigenvalue weighted by Gasteiger charge is 2.22. The Morgan fingerprint density at radius 3 is 2.39 bits per heavy atom. The van der Waals surface area contributed by atoms with Gasteiger partial charge in [0.2, 0.25) is 11.8 Å². The van der Waals surface area contributed by atoms with Crippen LogP contribution in [0.5, 0.6) is 5.75 Å². The topological polar surface area (TPSA) is 65.6 Å². The summed E-state index contributed by atoms with van der Waals surface area (Å²) in [5.74, 6) is 0.759. The molecule has 0 atom stereocenters. The fourth-order valence-corrected chi connectivity index (χ4v) is 4.12. The lowest BCUT2D eigenvalue weighted by Crippen LogP contribution is -2.43. The first-order chi connectivity index (χ1) is 16.1. The number of aromatic nitrogens is 1. The third kappa shape index (κ3) is 6.37. The van der Waals surface area contributed by atoms with Crippen molar-refractivity contribution in [1.82, 2.24) is 14.8 Å². The summed E-state index contributed by atoms with van der Waals surface area (Å²) in [7, 11) is 1.64. The van der Waals surface area contributed by atoms with E-state index < -0.39 is 0 Å². The molecule has 0 radical (unpaired) electrons. The van der Waals surface area contributed by atoms with Crippen LogP contribution in [0.4, 0.5) is 0 Å². The number of hydrogen-bond donors (Lipinski definition) is 1. The van der Waals surface area contributed by atoms with E-state index in [1.165, 1.54) is 10.9 Å². The van der Waals surface area contributed by atoms with Crippen molar-refractivity contribution in [2.45, 2.75) is 46.1 Å². The van der Waals surface area contributed by atoms with Gasteiger partial charge < -0.3 is 19.5 Å². The molecule has 0 unspecified atom stereocenters. The quantitative estimate of drug-likeness (QED) is 0.432. The van der Waals surface area contributed by atoms with Crippen molar-refractivity contribution < 1.29 is 14.3 Å². The van der Waals surface area contributed by atoms with Gasteiger partial charge in [0.05, 0.1) is 13.7 Å². The second kappa shape index (κ2) is 12.1. The zero-order chi connectivity index (χ0) is 23.6. The van der Waals surface area contributed by atoms with Crippen molar-refractivity contribution in [3.8, 4) is 5.75 Å². The number of benzene rings is 2. The van der Waals surface area contributed by atoms with Crippen molar-refractivity contribution in [3.63, 3.8) is 0 Å². The van der Waals surface area contributed by atoms with Crippen LogP contribution in [0.25, 0.3) is 10.9 Å². The fourth-order valence-electron chi connectivity index (χ4n) is 4.12. The molecule has 0 bridgehead atoms. The maximum atomic E-state index is 13.4. The third-order valence-electron chi connectivity index (χ3n) is 5.87. The molecule has 6 heteroatoms. The number of aromatic amines is 1. The van der Waals surface area contributed by atoms with Crippen LogP contribution in [0.3, 0.4) is 0 Å². The SMILES string of the molecule is CCCC(=O)N(CCC)CC(=O)N(CCc1c[nH]c2ccccc12)Cc1ccccc1OC. The summed E-state index contributed by atoms with van der Waals surface area (Å²) >= 11 is 0. The van der Waals surface area contributed by atoms with Crippen molar-refractivity contribution in [2.24, 2.45) is 0 Å². The maximum absolute atomic E-state index is 13.4. The van der Waals surface area contributed by atoms with Crippen LogP contribution in [-0.4, -0.2) is 53.3 Å². The lowest BCUT2D eigenvalue weighted by molar-refractivity contribution is -0.141. The van der Waals surface area contributed by atoms with Gasteiger partial charge >= 0.3 is 0 Å². The molecule has 33 heavy (non-hydrogen) atoms. The summed E-state index contributed by atoms with van der Waals surface area (Å²) in [6.07, 6.45) is 4.81. The van der Waals surface area contributed by atoms with Crippen molar-refractivity contribution >= 4 is 22.7 Å². The predicted octanol–water partition coefficient (Wildman–Crippen LogP) is 4.79. The number of nitrogens with zero attached hydrogens (tertiary/aromatic N) is 2. The molecule has 0 aliphatic rings. The van der Waals surface area contributed by atoms with Crippen LogP contribution in [-0.2, 0) is 22.6 Å². The van der Waals surface area contributed by atoms with E-state index in [0.717, 1.165) is 36.1 Å². The normalized spacial score (nSPS) is 10.9. The lowest BCUT2D eigenvalue weighted by atomic mass is 10.1. The van der Waals surface area contributed by atoms with Gasteiger partial charge in [-0.15, -0.1) is 0 Å². The average Bonchev–Trinajstić information content (AvgIpc) is 3.25. The van der Waals surface area contributed by atoms with Gasteiger partial charge in [0.1, 0.15) is 5.75 Å². The maximum Gasteiger partial charge on any atom is 0.242 e. The molecule has 0 saturated heterocycles. The Labute approximate surface area is 196 Å². The smallest absolute Gasteiger partial charge is 0.242 e. The highest BCUT2D eigenvalue weighted by Crippen LogP contribution is 2.22. The van der Waals surface area contributed by atoms with Gasteiger partial charge in [-0.3, -0.25) is 9.59 Å². The van der Waals surface area contributed by atoms with Crippen molar-refractivity contribution in [1.29, 1.82) is 0 Å². The van der Waals surface area contributed by atoms with E-state index in [2.05, 4.69) is 17.1 Å². The van der Waals surface area contributed by atoms with E-state index in [4.69, 9.17) is 4.74 Å². The molecule has 0 saturated carbocycles. The Morgan fingerprint density at radius 2 is 1.64 bits per heavy atom. The molecule has 2 amide bonds. The highest BCUT2D eigenvalue weighted by molar-refractivity contribution is 5.85. The number of carbonyl (C=O) groups is 2. The van der Waals surface area contributed by atoms with Crippen LogP contribution in [0.15, 0.2) is 54.7 Å². The molecule has 0 aliphatic carbocycles. The lowest BCUT2D eigenvalue weighted by Gasteiger charge is -2.28. The minimum atomic E-state index is -0.0429. The Morgan fingerprint density at radius 1 is 0.879 bits per heavy atom. The summed E-state index contributed by atoms with van der Waals surface area (Å²) in [4.78, 5) is 32.9. The number of rotatable bonds is 12. The first-order valence-corrected chi connectivity index (χ1v) is 11.8. The van der Waals surface area contributed by atoms with Crippen molar-refractivity contribution in [3.05, 3.63) is 65.9 Å². The number of H-pyrrole nitrogens is 1. The van der Waals surface area contributed by atoms with Crippen LogP contribution < -0.4 is 4.74 Å². The minimum Gasteiger partial charge on any atom is -0.496 e. The summed E-state index contributed by atoms with van der Waals surface area (Å²) in [6.45, 7) is 5.71. The number of para-hydroxylation sites is 2. The fraction of sp³-hybridized carbons (Fsp3) is 0.407. The van der Waals surface area contributed by atoms with E-state index >= 15 is 0 Å². The zero-order valence-corrected chi connectivity index (χ0v) is 20.0. The highest BCUT2D eigenvalue weighted by atomic mass is 16.5.